The first kappa shape index (κ1) is 34.2. The summed E-state index contributed by atoms with van der Waals surface area (Å²) in [4.78, 5) is 13.0. The average Bonchev–Trinajstić information content (AvgIpc) is 2.76. The van der Waals surface area contributed by atoms with Crippen LogP contribution in [-0.4, -0.2) is 101 Å². The Bertz CT molecular complexity index is 551. The highest BCUT2D eigenvalue weighted by Gasteiger charge is 2.40. The van der Waals surface area contributed by atoms with Crippen LogP contribution in [0.2, 0.25) is 0 Å². The van der Waals surface area contributed by atoms with Crippen molar-refractivity contribution in [1.29, 1.82) is 0 Å². The summed E-state index contributed by atoms with van der Waals surface area (Å²) in [6, 6.07) is 0. The van der Waals surface area contributed by atoms with E-state index in [0.29, 0.717) is 33.0 Å². The van der Waals surface area contributed by atoms with Gasteiger partial charge in [0.05, 0.1) is 70.2 Å². The second kappa shape index (κ2) is 17.6. The van der Waals surface area contributed by atoms with Gasteiger partial charge in [0.25, 0.3) is 0 Å². The van der Waals surface area contributed by atoms with E-state index in [4.69, 9.17) is 37.9 Å². The van der Waals surface area contributed by atoms with Crippen molar-refractivity contribution in [3.63, 3.8) is 0 Å². The third-order valence-electron chi connectivity index (χ3n) is 4.81. The molecule has 35 heavy (non-hydrogen) atoms. The number of ether oxygens (including phenoxy) is 8. The predicted molar refractivity (Wildman–Crippen MR) is 135 cm³/mol. The largest absolute Gasteiger partial charge is 0.458 e. The molecule has 0 aromatic rings. The van der Waals surface area contributed by atoms with Gasteiger partial charge in [-0.2, -0.15) is 0 Å². The predicted octanol–water partition coefficient (Wildman–Crippen LogP) is 3.80. The van der Waals surface area contributed by atoms with E-state index < -0.39 is 17.2 Å². The molecule has 0 saturated heterocycles. The molecule has 0 heterocycles. The van der Waals surface area contributed by atoms with Gasteiger partial charge in [0.2, 0.25) is 0 Å². The van der Waals surface area contributed by atoms with E-state index in [9.17, 15) is 4.79 Å². The van der Waals surface area contributed by atoms with Crippen LogP contribution in [0.3, 0.4) is 0 Å². The average molecular weight is 509 g/mol. The standard InChI is InChI=1S/C26H52O9/c1-12-29-20(3)14-32-23(6)17-34-26(10,24(27)35-25(7,8)9)18-33-22(5)16-31-21(4)15-30-19(2)13-28-11/h19-23H,12-18H2,1-11H3/t19-,20-,21-,22+,23?,26+/m1/s1. The van der Waals surface area contributed by atoms with Gasteiger partial charge in [-0.15, -0.1) is 0 Å². The van der Waals surface area contributed by atoms with E-state index in [1.807, 2.05) is 62.3 Å². The molecule has 0 bridgehead atoms. The summed E-state index contributed by atoms with van der Waals surface area (Å²) in [7, 11) is 1.64. The lowest BCUT2D eigenvalue weighted by molar-refractivity contribution is -0.198. The molecule has 0 N–H and O–H groups in total. The first-order chi connectivity index (χ1) is 16.2. The molecule has 0 saturated carbocycles. The van der Waals surface area contributed by atoms with Gasteiger partial charge >= 0.3 is 5.97 Å². The quantitative estimate of drug-likeness (QED) is 0.228. The fraction of sp³-hybridized carbons (Fsp3) is 0.962. The fourth-order valence-corrected chi connectivity index (χ4v) is 2.81. The molecule has 6 atom stereocenters. The van der Waals surface area contributed by atoms with Crippen LogP contribution in [0, 0.1) is 0 Å². The van der Waals surface area contributed by atoms with Crippen molar-refractivity contribution in [3.8, 4) is 0 Å². The highest BCUT2D eigenvalue weighted by Crippen LogP contribution is 2.20. The maximum absolute atomic E-state index is 13.0. The molecule has 0 aromatic heterocycles. The number of methoxy groups -OCH3 is 1. The van der Waals surface area contributed by atoms with Crippen LogP contribution in [0.4, 0.5) is 0 Å². The van der Waals surface area contributed by atoms with Crippen molar-refractivity contribution >= 4 is 5.97 Å². The summed E-state index contributed by atoms with van der Waals surface area (Å²) in [5.41, 5.74) is -1.95. The highest BCUT2D eigenvalue weighted by atomic mass is 16.6. The molecule has 0 radical (unpaired) electrons. The summed E-state index contributed by atoms with van der Waals surface area (Å²) < 4.78 is 45.4. The molecule has 9 nitrogen and oxygen atoms in total. The van der Waals surface area contributed by atoms with Crippen LogP contribution in [0.25, 0.3) is 0 Å². The van der Waals surface area contributed by atoms with Gasteiger partial charge in [0.1, 0.15) is 5.60 Å². The molecule has 1 unspecified atom stereocenters. The van der Waals surface area contributed by atoms with Crippen LogP contribution < -0.4 is 0 Å². The number of esters is 1. The Balaban J connectivity index is 4.79. The monoisotopic (exact) mass is 508 g/mol. The summed E-state index contributed by atoms with van der Waals surface area (Å²) in [6.45, 7) is 21.3. The zero-order chi connectivity index (χ0) is 27.1. The van der Waals surface area contributed by atoms with E-state index >= 15 is 0 Å². The molecular weight excluding hydrogens is 456 g/mol. The van der Waals surface area contributed by atoms with Crippen LogP contribution in [-0.2, 0) is 42.7 Å². The summed E-state index contributed by atoms with van der Waals surface area (Å²) in [5, 5.41) is 0. The van der Waals surface area contributed by atoms with Crippen LogP contribution in [0.5, 0.6) is 0 Å². The Morgan fingerprint density at radius 2 is 1.09 bits per heavy atom. The van der Waals surface area contributed by atoms with E-state index in [1.54, 1.807) is 14.0 Å². The van der Waals surface area contributed by atoms with Crippen LogP contribution in [0.1, 0.15) is 69.2 Å². The minimum Gasteiger partial charge on any atom is -0.458 e. The van der Waals surface area contributed by atoms with E-state index in [1.165, 1.54) is 0 Å². The molecule has 0 rings (SSSR count). The lowest BCUT2D eigenvalue weighted by atomic mass is 10.1. The molecule has 0 spiro atoms. The molecule has 9 heteroatoms. The highest BCUT2D eigenvalue weighted by molar-refractivity contribution is 5.79. The molecular formula is C26H52O9. The Morgan fingerprint density at radius 1 is 0.657 bits per heavy atom. The first-order valence-corrected chi connectivity index (χ1v) is 12.7. The van der Waals surface area contributed by atoms with E-state index in [2.05, 4.69) is 0 Å². The second-order valence-electron chi connectivity index (χ2n) is 10.3. The maximum Gasteiger partial charge on any atom is 0.341 e. The number of carbonyl (C=O) groups is 1. The Morgan fingerprint density at radius 3 is 1.54 bits per heavy atom. The van der Waals surface area contributed by atoms with E-state index in [0.717, 1.165) is 0 Å². The maximum atomic E-state index is 13.0. The van der Waals surface area contributed by atoms with Gasteiger partial charge in [-0.05, 0) is 69.2 Å². The molecule has 0 aromatic carbocycles. The van der Waals surface area contributed by atoms with Gasteiger partial charge in [-0.1, -0.05) is 0 Å². The Labute approximate surface area is 213 Å². The number of rotatable bonds is 20. The smallest absolute Gasteiger partial charge is 0.341 e. The molecule has 0 aliphatic rings. The summed E-state index contributed by atoms with van der Waals surface area (Å²) >= 11 is 0. The minimum atomic E-state index is -1.30. The number of hydrogen-bond donors (Lipinski definition) is 0. The van der Waals surface area contributed by atoms with Gasteiger partial charge in [-0.3, -0.25) is 0 Å². The van der Waals surface area contributed by atoms with Crippen molar-refractivity contribution in [2.75, 3.05) is 53.4 Å². The number of carbonyl (C=O) groups excluding carboxylic acids is 1. The Kier molecular flexibility index (Phi) is 17.2. The summed E-state index contributed by atoms with van der Waals surface area (Å²) in [6.07, 6.45) is -0.618. The van der Waals surface area contributed by atoms with E-state index in [-0.39, 0.29) is 43.7 Å². The number of hydrogen-bond acceptors (Lipinski definition) is 9. The molecule has 0 aliphatic heterocycles. The molecule has 0 fully saturated rings. The van der Waals surface area contributed by atoms with Crippen molar-refractivity contribution < 1.29 is 42.7 Å². The topological polar surface area (TPSA) is 90.9 Å². The van der Waals surface area contributed by atoms with Gasteiger partial charge < -0.3 is 37.9 Å². The zero-order valence-corrected chi connectivity index (χ0v) is 24.0. The third kappa shape index (κ3) is 17.3. The fourth-order valence-electron chi connectivity index (χ4n) is 2.81. The van der Waals surface area contributed by atoms with Crippen molar-refractivity contribution in [1.82, 2.24) is 0 Å². The van der Waals surface area contributed by atoms with Crippen LogP contribution >= 0.6 is 0 Å². The third-order valence-corrected chi connectivity index (χ3v) is 4.81. The lowest BCUT2D eigenvalue weighted by Gasteiger charge is -2.33. The summed E-state index contributed by atoms with van der Waals surface area (Å²) in [5.74, 6) is -0.484. The van der Waals surface area contributed by atoms with Gasteiger partial charge in [0, 0.05) is 13.7 Å². The first-order valence-electron chi connectivity index (χ1n) is 12.7. The van der Waals surface area contributed by atoms with Crippen molar-refractivity contribution in [3.05, 3.63) is 0 Å². The van der Waals surface area contributed by atoms with Crippen molar-refractivity contribution in [2.45, 2.75) is 111 Å². The zero-order valence-electron chi connectivity index (χ0n) is 24.0. The SMILES string of the molecule is CCO[C@H](C)COC(C)CO[C@@](C)(CO[C@@H](C)CO[C@H](C)CO[C@H](C)COC)C(=O)OC(C)(C)C. The molecule has 0 aliphatic carbocycles. The van der Waals surface area contributed by atoms with Gasteiger partial charge in [0.15, 0.2) is 5.60 Å². The molecule has 0 amide bonds. The molecule has 210 valence electrons. The van der Waals surface area contributed by atoms with Crippen molar-refractivity contribution in [2.24, 2.45) is 0 Å². The Hall–Kier alpha value is -0.810. The van der Waals surface area contributed by atoms with Gasteiger partial charge in [-0.25, -0.2) is 4.79 Å². The minimum absolute atomic E-state index is 0.000150. The second-order valence-corrected chi connectivity index (χ2v) is 10.3. The lowest BCUT2D eigenvalue weighted by Crippen LogP contribution is -2.49. The normalized spacial score (nSPS) is 18.4. The van der Waals surface area contributed by atoms with Crippen LogP contribution in [0.15, 0.2) is 0 Å².